The molecule has 0 radical (unpaired) electrons. The van der Waals surface area contributed by atoms with Crippen LogP contribution in [0.1, 0.15) is 23.7 Å². The van der Waals surface area contributed by atoms with Gasteiger partial charge in [-0.25, -0.2) is 4.79 Å². The van der Waals surface area contributed by atoms with Crippen LogP contribution in [0, 0.1) is 0 Å². The van der Waals surface area contributed by atoms with E-state index in [0.29, 0.717) is 17.4 Å². The Hall–Kier alpha value is -2.00. The van der Waals surface area contributed by atoms with Gasteiger partial charge in [0.25, 0.3) is 0 Å². The van der Waals surface area contributed by atoms with Gasteiger partial charge in [-0.2, -0.15) is 0 Å². The summed E-state index contributed by atoms with van der Waals surface area (Å²) in [7, 11) is 0. The SMILES string of the molecule is CCCOc1ccc(-c2ccc(C(=O)O)cc2)cc1Cl. The van der Waals surface area contributed by atoms with Gasteiger partial charge in [0, 0.05) is 0 Å². The summed E-state index contributed by atoms with van der Waals surface area (Å²) in [6.07, 6.45) is 0.925. The van der Waals surface area contributed by atoms with Crippen molar-refractivity contribution in [2.75, 3.05) is 6.61 Å². The zero-order chi connectivity index (χ0) is 14.5. The van der Waals surface area contributed by atoms with E-state index in [9.17, 15) is 4.79 Å². The first-order valence-electron chi connectivity index (χ1n) is 6.38. The number of benzene rings is 2. The van der Waals surface area contributed by atoms with Crippen LogP contribution >= 0.6 is 11.6 Å². The molecule has 4 heteroatoms. The number of carboxylic acids is 1. The van der Waals surface area contributed by atoms with E-state index in [0.717, 1.165) is 17.5 Å². The Balaban J connectivity index is 2.24. The highest BCUT2D eigenvalue weighted by Crippen LogP contribution is 2.30. The zero-order valence-corrected chi connectivity index (χ0v) is 11.9. The fraction of sp³-hybridized carbons (Fsp3) is 0.188. The molecule has 1 N–H and O–H groups in total. The van der Waals surface area contributed by atoms with Gasteiger partial charge in [-0.15, -0.1) is 0 Å². The van der Waals surface area contributed by atoms with Gasteiger partial charge in [0.15, 0.2) is 0 Å². The van der Waals surface area contributed by atoms with E-state index in [-0.39, 0.29) is 5.56 Å². The van der Waals surface area contributed by atoms with Crippen LogP contribution in [0.4, 0.5) is 0 Å². The summed E-state index contributed by atoms with van der Waals surface area (Å²) in [6.45, 7) is 2.67. The second kappa shape index (κ2) is 6.44. The predicted molar refractivity (Wildman–Crippen MR) is 79.6 cm³/mol. The summed E-state index contributed by atoms with van der Waals surface area (Å²) in [5.41, 5.74) is 2.11. The van der Waals surface area contributed by atoms with Crippen molar-refractivity contribution in [2.45, 2.75) is 13.3 Å². The van der Waals surface area contributed by atoms with E-state index in [1.165, 1.54) is 0 Å². The molecule has 104 valence electrons. The van der Waals surface area contributed by atoms with E-state index in [1.807, 2.05) is 25.1 Å². The number of ether oxygens (including phenoxy) is 1. The molecule has 20 heavy (non-hydrogen) atoms. The van der Waals surface area contributed by atoms with Gasteiger partial charge < -0.3 is 9.84 Å². The second-order valence-corrected chi connectivity index (χ2v) is 4.78. The van der Waals surface area contributed by atoms with E-state index >= 15 is 0 Å². The summed E-state index contributed by atoms with van der Waals surface area (Å²) in [6, 6.07) is 12.2. The zero-order valence-electron chi connectivity index (χ0n) is 11.1. The third-order valence-electron chi connectivity index (χ3n) is 2.86. The average molecular weight is 291 g/mol. The van der Waals surface area contributed by atoms with Crippen molar-refractivity contribution in [2.24, 2.45) is 0 Å². The van der Waals surface area contributed by atoms with Gasteiger partial charge in [0.2, 0.25) is 0 Å². The van der Waals surface area contributed by atoms with E-state index < -0.39 is 5.97 Å². The Kier molecular flexibility index (Phi) is 4.64. The van der Waals surface area contributed by atoms with Crippen molar-refractivity contribution in [3.63, 3.8) is 0 Å². The Morgan fingerprint density at radius 1 is 1.15 bits per heavy atom. The van der Waals surface area contributed by atoms with E-state index in [2.05, 4.69) is 0 Å². The summed E-state index contributed by atoms with van der Waals surface area (Å²) < 4.78 is 5.52. The molecule has 3 nitrogen and oxygen atoms in total. The molecule has 0 aliphatic heterocycles. The third-order valence-corrected chi connectivity index (χ3v) is 3.15. The first-order valence-corrected chi connectivity index (χ1v) is 6.75. The topological polar surface area (TPSA) is 46.5 Å². The fourth-order valence-corrected chi connectivity index (χ4v) is 2.05. The molecule has 0 bridgehead atoms. The van der Waals surface area contributed by atoms with Crippen LogP contribution in [0.15, 0.2) is 42.5 Å². The van der Waals surface area contributed by atoms with Crippen molar-refractivity contribution >= 4 is 17.6 Å². The molecular weight excluding hydrogens is 276 g/mol. The van der Waals surface area contributed by atoms with Crippen molar-refractivity contribution in [1.29, 1.82) is 0 Å². The molecule has 2 aromatic carbocycles. The molecule has 0 spiro atoms. The monoisotopic (exact) mass is 290 g/mol. The molecule has 0 amide bonds. The molecular formula is C16H15ClO3. The van der Waals surface area contributed by atoms with Crippen LogP contribution in [0.2, 0.25) is 5.02 Å². The van der Waals surface area contributed by atoms with Crippen LogP contribution < -0.4 is 4.74 Å². The molecule has 0 heterocycles. The number of halogens is 1. The molecule has 0 aromatic heterocycles. The lowest BCUT2D eigenvalue weighted by Gasteiger charge is -2.09. The van der Waals surface area contributed by atoms with Crippen LogP contribution in [0.25, 0.3) is 11.1 Å². The Morgan fingerprint density at radius 3 is 2.35 bits per heavy atom. The number of carboxylic acid groups (broad SMARTS) is 1. The standard InChI is InChI=1S/C16H15ClO3/c1-2-9-20-15-8-7-13(10-14(15)17)11-3-5-12(6-4-11)16(18)19/h3-8,10H,2,9H2,1H3,(H,18,19). The molecule has 0 saturated heterocycles. The van der Waals surface area contributed by atoms with Crippen LogP contribution in [0.5, 0.6) is 5.75 Å². The lowest BCUT2D eigenvalue weighted by Crippen LogP contribution is -1.96. The minimum absolute atomic E-state index is 0.266. The number of hydrogen-bond donors (Lipinski definition) is 1. The first kappa shape index (κ1) is 14.4. The molecule has 0 atom stereocenters. The summed E-state index contributed by atoms with van der Waals surface area (Å²) in [5, 5.41) is 9.43. The minimum atomic E-state index is -0.933. The molecule has 0 saturated carbocycles. The molecule has 0 aliphatic carbocycles. The number of carbonyl (C=O) groups is 1. The smallest absolute Gasteiger partial charge is 0.335 e. The summed E-state index contributed by atoms with van der Waals surface area (Å²) in [4.78, 5) is 10.8. The van der Waals surface area contributed by atoms with Gasteiger partial charge in [-0.3, -0.25) is 0 Å². The van der Waals surface area contributed by atoms with Gasteiger partial charge in [-0.05, 0) is 41.8 Å². The Morgan fingerprint density at radius 2 is 1.80 bits per heavy atom. The second-order valence-electron chi connectivity index (χ2n) is 4.38. The maximum Gasteiger partial charge on any atom is 0.335 e. The van der Waals surface area contributed by atoms with Crippen molar-refractivity contribution in [3.05, 3.63) is 53.1 Å². The maximum absolute atomic E-state index is 10.8. The largest absolute Gasteiger partial charge is 0.492 e. The molecule has 0 aliphatic rings. The Labute approximate surface area is 122 Å². The van der Waals surface area contributed by atoms with Crippen molar-refractivity contribution in [1.82, 2.24) is 0 Å². The number of hydrogen-bond acceptors (Lipinski definition) is 2. The van der Waals surface area contributed by atoms with Crippen LogP contribution in [0.3, 0.4) is 0 Å². The van der Waals surface area contributed by atoms with Gasteiger partial charge in [0.1, 0.15) is 5.75 Å². The van der Waals surface area contributed by atoms with E-state index in [4.69, 9.17) is 21.4 Å². The summed E-state index contributed by atoms with van der Waals surface area (Å²) in [5.74, 6) is -0.266. The highest BCUT2D eigenvalue weighted by atomic mass is 35.5. The average Bonchev–Trinajstić information content (AvgIpc) is 2.46. The van der Waals surface area contributed by atoms with Crippen molar-refractivity contribution < 1.29 is 14.6 Å². The van der Waals surface area contributed by atoms with Gasteiger partial charge in [0.05, 0.1) is 17.2 Å². The van der Waals surface area contributed by atoms with Crippen molar-refractivity contribution in [3.8, 4) is 16.9 Å². The van der Waals surface area contributed by atoms with Gasteiger partial charge >= 0.3 is 5.97 Å². The third kappa shape index (κ3) is 3.31. The maximum atomic E-state index is 10.8. The van der Waals surface area contributed by atoms with Crippen LogP contribution in [-0.4, -0.2) is 17.7 Å². The molecule has 2 rings (SSSR count). The Bertz CT molecular complexity index is 606. The summed E-state index contributed by atoms with van der Waals surface area (Å²) >= 11 is 6.18. The van der Waals surface area contributed by atoms with Gasteiger partial charge in [-0.1, -0.05) is 36.7 Å². The highest BCUT2D eigenvalue weighted by Gasteiger charge is 2.06. The van der Waals surface area contributed by atoms with Crippen LogP contribution in [-0.2, 0) is 0 Å². The predicted octanol–water partition coefficient (Wildman–Crippen LogP) is 4.49. The lowest BCUT2D eigenvalue weighted by molar-refractivity contribution is 0.0697. The quantitative estimate of drug-likeness (QED) is 0.882. The lowest BCUT2D eigenvalue weighted by atomic mass is 10.0. The molecule has 0 unspecified atom stereocenters. The minimum Gasteiger partial charge on any atom is -0.492 e. The normalized spacial score (nSPS) is 10.3. The highest BCUT2D eigenvalue weighted by molar-refractivity contribution is 6.32. The number of aromatic carboxylic acids is 1. The number of rotatable bonds is 5. The first-order chi connectivity index (χ1) is 9.61. The molecule has 2 aromatic rings. The van der Waals surface area contributed by atoms with E-state index in [1.54, 1.807) is 24.3 Å². The fourth-order valence-electron chi connectivity index (χ4n) is 1.81. The molecule has 0 fully saturated rings.